The number of aromatic nitrogens is 2. The summed E-state index contributed by atoms with van der Waals surface area (Å²) in [6.07, 6.45) is 5.09. The molecule has 1 fully saturated rings. The SMILES string of the molecule is CCCNc1nnc(COC2CC(C)CC(C)(C)C2)s1. The fourth-order valence-electron chi connectivity index (χ4n) is 3.19. The molecule has 0 radical (unpaired) electrons. The number of anilines is 1. The van der Waals surface area contributed by atoms with Crippen LogP contribution in [0.3, 0.4) is 0 Å². The molecule has 1 heterocycles. The molecule has 4 nitrogen and oxygen atoms in total. The van der Waals surface area contributed by atoms with E-state index in [2.05, 4.69) is 43.2 Å². The molecule has 0 amide bonds. The number of hydrogen-bond acceptors (Lipinski definition) is 5. The molecule has 0 aliphatic heterocycles. The van der Waals surface area contributed by atoms with Crippen molar-refractivity contribution < 1.29 is 4.74 Å². The van der Waals surface area contributed by atoms with Gasteiger partial charge in [0.25, 0.3) is 0 Å². The van der Waals surface area contributed by atoms with Crippen LogP contribution < -0.4 is 5.32 Å². The molecule has 0 aromatic carbocycles. The second kappa shape index (κ2) is 6.85. The highest BCUT2D eigenvalue weighted by Crippen LogP contribution is 2.39. The number of nitrogens with zero attached hydrogens (tertiary/aromatic N) is 2. The molecule has 20 heavy (non-hydrogen) atoms. The highest BCUT2D eigenvalue weighted by Gasteiger charge is 2.32. The third-order valence-electron chi connectivity index (χ3n) is 3.78. The average molecular weight is 297 g/mol. The van der Waals surface area contributed by atoms with E-state index in [0.29, 0.717) is 18.1 Å². The molecule has 1 aliphatic rings. The molecule has 2 rings (SSSR count). The number of rotatable bonds is 6. The lowest BCUT2D eigenvalue weighted by atomic mass is 9.71. The first kappa shape index (κ1) is 15.7. The van der Waals surface area contributed by atoms with Crippen LogP contribution in [0, 0.1) is 11.3 Å². The molecular weight excluding hydrogens is 270 g/mol. The van der Waals surface area contributed by atoms with E-state index in [9.17, 15) is 0 Å². The average Bonchev–Trinajstić information content (AvgIpc) is 2.79. The standard InChI is InChI=1S/C15H27N3OS/c1-5-6-16-14-18-17-13(20-14)10-19-12-7-11(2)8-15(3,4)9-12/h11-12H,5-10H2,1-4H3,(H,16,18). The van der Waals surface area contributed by atoms with Crippen molar-refractivity contribution in [2.75, 3.05) is 11.9 Å². The van der Waals surface area contributed by atoms with Crippen molar-refractivity contribution in [2.45, 2.75) is 66.1 Å². The van der Waals surface area contributed by atoms with E-state index < -0.39 is 0 Å². The molecular formula is C15H27N3OS. The van der Waals surface area contributed by atoms with Crippen LogP contribution in [0.15, 0.2) is 0 Å². The van der Waals surface area contributed by atoms with Crippen molar-refractivity contribution in [2.24, 2.45) is 11.3 Å². The van der Waals surface area contributed by atoms with Gasteiger partial charge < -0.3 is 10.1 Å². The third kappa shape index (κ3) is 4.70. The number of hydrogen-bond donors (Lipinski definition) is 1. The Hall–Kier alpha value is -0.680. The third-order valence-corrected chi connectivity index (χ3v) is 4.64. The lowest BCUT2D eigenvalue weighted by Gasteiger charge is -2.38. The largest absolute Gasteiger partial charge is 0.371 e. The Morgan fingerprint density at radius 2 is 2.15 bits per heavy atom. The minimum absolute atomic E-state index is 0.365. The zero-order chi connectivity index (χ0) is 14.6. The van der Waals surface area contributed by atoms with Gasteiger partial charge in [0.05, 0.1) is 6.10 Å². The van der Waals surface area contributed by atoms with Gasteiger partial charge >= 0.3 is 0 Å². The second-order valence-corrected chi connectivity index (χ2v) is 7.84. The van der Waals surface area contributed by atoms with Crippen LogP contribution in [0.1, 0.15) is 58.4 Å². The summed E-state index contributed by atoms with van der Waals surface area (Å²) in [7, 11) is 0. The summed E-state index contributed by atoms with van der Waals surface area (Å²) < 4.78 is 6.07. The maximum atomic E-state index is 6.07. The van der Waals surface area contributed by atoms with Crippen LogP contribution in [0.5, 0.6) is 0 Å². The summed E-state index contributed by atoms with van der Waals surface area (Å²) in [5, 5.41) is 13.5. The molecule has 0 spiro atoms. The Kier molecular flexibility index (Phi) is 5.38. The Morgan fingerprint density at radius 3 is 2.85 bits per heavy atom. The van der Waals surface area contributed by atoms with E-state index >= 15 is 0 Å². The van der Waals surface area contributed by atoms with Gasteiger partial charge in [-0.1, -0.05) is 39.0 Å². The predicted molar refractivity (Wildman–Crippen MR) is 84.1 cm³/mol. The molecule has 0 bridgehead atoms. The van der Waals surface area contributed by atoms with Crippen molar-refractivity contribution in [3.8, 4) is 0 Å². The molecule has 1 N–H and O–H groups in total. The fourth-order valence-corrected chi connectivity index (χ4v) is 3.88. The van der Waals surface area contributed by atoms with Crippen LogP contribution in [-0.4, -0.2) is 22.8 Å². The van der Waals surface area contributed by atoms with Crippen molar-refractivity contribution in [1.82, 2.24) is 10.2 Å². The van der Waals surface area contributed by atoms with Crippen molar-refractivity contribution in [1.29, 1.82) is 0 Å². The van der Waals surface area contributed by atoms with Crippen LogP contribution in [0.2, 0.25) is 0 Å². The Bertz CT molecular complexity index is 419. The Balaban J connectivity index is 1.81. The smallest absolute Gasteiger partial charge is 0.205 e. The quantitative estimate of drug-likeness (QED) is 0.859. The van der Waals surface area contributed by atoms with E-state index in [-0.39, 0.29) is 0 Å². The van der Waals surface area contributed by atoms with Gasteiger partial charge in [0, 0.05) is 6.54 Å². The molecule has 5 heteroatoms. The van der Waals surface area contributed by atoms with Gasteiger partial charge in [-0.15, -0.1) is 10.2 Å². The maximum Gasteiger partial charge on any atom is 0.205 e. The highest BCUT2D eigenvalue weighted by molar-refractivity contribution is 7.15. The molecule has 0 saturated heterocycles. The number of nitrogens with one attached hydrogen (secondary N) is 1. The van der Waals surface area contributed by atoms with Gasteiger partial charge in [0.1, 0.15) is 11.6 Å². The Morgan fingerprint density at radius 1 is 1.35 bits per heavy atom. The van der Waals surface area contributed by atoms with Crippen LogP contribution in [0.25, 0.3) is 0 Å². The summed E-state index contributed by atoms with van der Waals surface area (Å²) in [4.78, 5) is 0. The molecule has 2 unspecified atom stereocenters. The summed E-state index contributed by atoms with van der Waals surface area (Å²) in [5.41, 5.74) is 0.400. The van der Waals surface area contributed by atoms with Crippen LogP contribution in [-0.2, 0) is 11.3 Å². The van der Waals surface area contributed by atoms with Crippen LogP contribution in [0.4, 0.5) is 5.13 Å². The molecule has 2 atom stereocenters. The van der Waals surface area contributed by atoms with E-state index in [1.807, 2.05) is 0 Å². The van der Waals surface area contributed by atoms with E-state index in [0.717, 1.165) is 35.4 Å². The first-order chi connectivity index (χ1) is 9.48. The van der Waals surface area contributed by atoms with Crippen molar-refractivity contribution in [3.05, 3.63) is 5.01 Å². The van der Waals surface area contributed by atoms with Crippen LogP contribution >= 0.6 is 11.3 Å². The van der Waals surface area contributed by atoms with Gasteiger partial charge in [-0.25, -0.2) is 0 Å². The zero-order valence-electron chi connectivity index (χ0n) is 13.1. The van der Waals surface area contributed by atoms with E-state index in [1.54, 1.807) is 11.3 Å². The first-order valence-electron chi connectivity index (χ1n) is 7.66. The molecule has 1 aromatic rings. The minimum atomic E-state index is 0.365. The first-order valence-corrected chi connectivity index (χ1v) is 8.48. The number of ether oxygens (including phenoxy) is 1. The summed E-state index contributed by atoms with van der Waals surface area (Å²) >= 11 is 1.60. The topological polar surface area (TPSA) is 47.0 Å². The Labute approximate surface area is 126 Å². The summed E-state index contributed by atoms with van der Waals surface area (Å²) in [5.74, 6) is 0.750. The summed E-state index contributed by atoms with van der Waals surface area (Å²) in [6.45, 7) is 10.7. The van der Waals surface area contributed by atoms with Gasteiger partial charge in [-0.3, -0.25) is 0 Å². The fraction of sp³-hybridized carbons (Fsp3) is 0.867. The highest BCUT2D eigenvalue weighted by atomic mass is 32.1. The van der Waals surface area contributed by atoms with Gasteiger partial charge in [-0.05, 0) is 37.0 Å². The van der Waals surface area contributed by atoms with Crippen molar-refractivity contribution in [3.63, 3.8) is 0 Å². The van der Waals surface area contributed by atoms with Gasteiger partial charge in [0.15, 0.2) is 0 Å². The second-order valence-electron chi connectivity index (χ2n) is 6.77. The lowest BCUT2D eigenvalue weighted by molar-refractivity contribution is -0.0318. The maximum absolute atomic E-state index is 6.07. The summed E-state index contributed by atoms with van der Waals surface area (Å²) in [6, 6.07) is 0. The lowest BCUT2D eigenvalue weighted by Crippen LogP contribution is -2.32. The molecule has 1 aromatic heterocycles. The zero-order valence-corrected chi connectivity index (χ0v) is 13.9. The molecule has 1 aliphatic carbocycles. The predicted octanol–water partition coefficient (Wildman–Crippen LogP) is 4.09. The van der Waals surface area contributed by atoms with Crippen molar-refractivity contribution >= 4 is 16.5 Å². The van der Waals surface area contributed by atoms with E-state index in [4.69, 9.17) is 4.74 Å². The molecule has 1 saturated carbocycles. The normalized spacial score (nSPS) is 25.6. The minimum Gasteiger partial charge on any atom is -0.371 e. The van der Waals surface area contributed by atoms with E-state index in [1.165, 1.54) is 12.8 Å². The van der Waals surface area contributed by atoms with Gasteiger partial charge in [-0.2, -0.15) is 0 Å². The van der Waals surface area contributed by atoms with Gasteiger partial charge in [0.2, 0.25) is 5.13 Å². The molecule has 114 valence electrons. The monoisotopic (exact) mass is 297 g/mol.